The first-order valence-corrected chi connectivity index (χ1v) is 9.59. The molecule has 3 rings (SSSR count). The van der Waals surface area contributed by atoms with Crippen molar-refractivity contribution >= 4 is 5.91 Å². The molecule has 0 heterocycles. The van der Waals surface area contributed by atoms with Gasteiger partial charge in [-0.15, -0.1) is 0 Å². The molecule has 22 heavy (non-hydrogen) atoms. The second-order valence-electron chi connectivity index (χ2n) is 9.45. The van der Waals surface area contributed by atoms with Gasteiger partial charge in [0.1, 0.15) is 0 Å². The van der Waals surface area contributed by atoms with Crippen molar-refractivity contribution in [2.45, 2.75) is 79.1 Å². The Balaban J connectivity index is 1.86. The van der Waals surface area contributed by atoms with Crippen molar-refractivity contribution in [2.24, 2.45) is 46.2 Å². The minimum absolute atomic E-state index is 0.0438. The smallest absolute Gasteiger partial charge is 0.223 e. The highest BCUT2D eigenvalue weighted by Crippen LogP contribution is 2.64. The van der Waals surface area contributed by atoms with Crippen LogP contribution in [0.5, 0.6) is 0 Å². The van der Waals surface area contributed by atoms with Gasteiger partial charge in [0.15, 0.2) is 0 Å². The van der Waals surface area contributed by atoms with Crippen LogP contribution in [0.4, 0.5) is 0 Å². The topological polar surface area (TPSA) is 43.1 Å². The zero-order chi connectivity index (χ0) is 16.1. The lowest BCUT2D eigenvalue weighted by Gasteiger charge is -2.61. The van der Waals surface area contributed by atoms with E-state index < -0.39 is 0 Å². The number of primary amides is 1. The number of carbonyl (C=O) groups excluding carboxylic acids is 1. The summed E-state index contributed by atoms with van der Waals surface area (Å²) in [6.07, 6.45) is 10.3. The molecule has 3 unspecified atom stereocenters. The predicted molar refractivity (Wildman–Crippen MR) is 91.1 cm³/mol. The van der Waals surface area contributed by atoms with Crippen molar-refractivity contribution in [3.05, 3.63) is 0 Å². The van der Waals surface area contributed by atoms with E-state index in [1.807, 2.05) is 0 Å². The third kappa shape index (κ3) is 2.32. The highest BCUT2D eigenvalue weighted by atomic mass is 16.1. The van der Waals surface area contributed by atoms with E-state index in [9.17, 15) is 4.79 Å². The molecule has 2 N–H and O–H groups in total. The number of nitrogens with two attached hydrogens (primary N) is 1. The first-order valence-electron chi connectivity index (χ1n) is 9.59. The Morgan fingerprint density at radius 1 is 1.09 bits per heavy atom. The van der Waals surface area contributed by atoms with Gasteiger partial charge in [-0.05, 0) is 80.0 Å². The van der Waals surface area contributed by atoms with E-state index in [2.05, 4.69) is 27.7 Å². The van der Waals surface area contributed by atoms with Crippen molar-refractivity contribution in [3.63, 3.8) is 0 Å². The standard InChI is InChI=1S/C20H35NO/c1-13(2)14-6-8-16-15(12-14)7-9-17-19(16,3)10-5-11-20(17,4)18(21)22/h13-17H,5-12H2,1-4H3,(H2,21,22)/t14?,15?,16-,17?,19+,20+/m0/s1. The molecule has 3 aliphatic carbocycles. The second-order valence-corrected chi connectivity index (χ2v) is 9.45. The molecular formula is C20H35NO. The van der Waals surface area contributed by atoms with E-state index in [1.165, 1.54) is 44.9 Å². The molecule has 126 valence electrons. The van der Waals surface area contributed by atoms with E-state index in [0.29, 0.717) is 11.3 Å². The van der Waals surface area contributed by atoms with Crippen molar-refractivity contribution in [1.29, 1.82) is 0 Å². The summed E-state index contributed by atoms with van der Waals surface area (Å²) in [5.41, 5.74) is 5.96. The van der Waals surface area contributed by atoms with Gasteiger partial charge in [0, 0.05) is 5.41 Å². The van der Waals surface area contributed by atoms with Crippen LogP contribution in [0.25, 0.3) is 0 Å². The quantitative estimate of drug-likeness (QED) is 0.785. The molecule has 2 heteroatoms. The molecule has 0 radical (unpaired) electrons. The lowest BCUT2D eigenvalue weighted by atomic mass is 9.43. The molecule has 2 nitrogen and oxygen atoms in total. The Morgan fingerprint density at radius 3 is 2.45 bits per heavy atom. The van der Waals surface area contributed by atoms with Crippen LogP contribution in [0.2, 0.25) is 0 Å². The summed E-state index contributed by atoms with van der Waals surface area (Å²) in [6, 6.07) is 0. The molecule has 6 atom stereocenters. The SMILES string of the molecule is CC(C)C1CC[C@H]2C(CCC3[C@](C)(C(N)=O)CCC[C@@]32C)C1. The van der Waals surface area contributed by atoms with Crippen LogP contribution >= 0.6 is 0 Å². The summed E-state index contributed by atoms with van der Waals surface area (Å²) >= 11 is 0. The van der Waals surface area contributed by atoms with Crippen LogP contribution in [0.1, 0.15) is 79.1 Å². The zero-order valence-corrected chi connectivity index (χ0v) is 15.0. The largest absolute Gasteiger partial charge is 0.369 e. The Labute approximate surface area is 136 Å². The Bertz CT molecular complexity index is 445. The van der Waals surface area contributed by atoms with Gasteiger partial charge in [-0.1, -0.05) is 34.1 Å². The number of hydrogen-bond acceptors (Lipinski definition) is 1. The van der Waals surface area contributed by atoms with Gasteiger partial charge in [0.2, 0.25) is 5.91 Å². The monoisotopic (exact) mass is 305 g/mol. The van der Waals surface area contributed by atoms with Crippen LogP contribution in [-0.2, 0) is 4.79 Å². The van der Waals surface area contributed by atoms with Crippen LogP contribution in [0.3, 0.4) is 0 Å². The van der Waals surface area contributed by atoms with E-state index in [0.717, 1.165) is 30.1 Å². The summed E-state index contributed by atoms with van der Waals surface area (Å²) in [5, 5.41) is 0. The van der Waals surface area contributed by atoms with E-state index in [-0.39, 0.29) is 11.3 Å². The van der Waals surface area contributed by atoms with Crippen molar-refractivity contribution in [3.8, 4) is 0 Å². The minimum atomic E-state index is -0.257. The fourth-order valence-corrected chi connectivity index (χ4v) is 6.77. The molecule has 3 aliphatic rings. The van der Waals surface area contributed by atoms with Gasteiger partial charge in [0.05, 0.1) is 0 Å². The minimum Gasteiger partial charge on any atom is -0.369 e. The highest BCUT2D eigenvalue weighted by molar-refractivity contribution is 5.81. The number of fused-ring (bicyclic) bond motifs is 3. The van der Waals surface area contributed by atoms with Crippen LogP contribution < -0.4 is 5.73 Å². The normalized spacial score (nSPS) is 48.6. The average molecular weight is 306 g/mol. The number of carbonyl (C=O) groups is 1. The van der Waals surface area contributed by atoms with Gasteiger partial charge >= 0.3 is 0 Å². The van der Waals surface area contributed by atoms with Gasteiger partial charge in [0.25, 0.3) is 0 Å². The van der Waals surface area contributed by atoms with Gasteiger partial charge in [-0.25, -0.2) is 0 Å². The summed E-state index contributed by atoms with van der Waals surface area (Å²) in [5.74, 6) is 3.96. The summed E-state index contributed by atoms with van der Waals surface area (Å²) < 4.78 is 0. The fraction of sp³-hybridized carbons (Fsp3) is 0.950. The summed E-state index contributed by atoms with van der Waals surface area (Å²) in [7, 11) is 0. The maximum atomic E-state index is 12.2. The fourth-order valence-electron chi connectivity index (χ4n) is 6.77. The Kier molecular flexibility index (Phi) is 4.10. The molecule has 0 aromatic rings. The van der Waals surface area contributed by atoms with Gasteiger partial charge < -0.3 is 5.73 Å². The number of rotatable bonds is 2. The molecule has 1 amide bonds. The van der Waals surface area contributed by atoms with Crippen LogP contribution in [0, 0.1) is 40.4 Å². The maximum absolute atomic E-state index is 12.2. The lowest BCUT2D eigenvalue weighted by Crippen LogP contribution is -2.57. The molecule has 3 fully saturated rings. The lowest BCUT2D eigenvalue weighted by molar-refractivity contribution is -0.154. The highest BCUT2D eigenvalue weighted by Gasteiger charge is 2.58. The van der Waals surface area contributed by atoms with Gasteiger partial charge in [-0.3, -0.25) is 4.79 Å². The van der Waals surface area contributed by atoms with Crippen molar-refractivity contribution in [1.82, 2.24) is 0 Å². The molecule has 0 saturated heterocycles. The van der Waals surface area contributed by atoms with Crippen molar-refractivity contribution < 1.29 is 4.79 Å². The second kappa shape index (κ2) is 5.53. The maximum Gasteiger partial charge on any atom is 0.223 e. The summed E-state index contributed by atoms with van der Waals surface area (Å²) in [4.78, 5) is 12.2. The molecule has 0 bridgehead atoms. The molecule has 0 aromatic heterocycles. The van der Waals surface area contributed by atoms with Crippen LogP contribution in [-0.4, -0.2) is 5.91 Å². The molecule has 3 saturated carbocycles. The molecule has 0 spiro atoms. The number of amides is 1. The first-order chi connectivity index (χ1) is 10.3. The predicted octanol–water partition coefficient (Wildman–Crippen LogP) is 4.77. The van der Waals surface area contributed by atoms with E-state index >= 15 is 0 Å². The Hall–Kier alpha value is -0.530. The van der Waals surface area contributed by atoms with Crippen molar-refractivity contribution in [2.75, 3.05) is 0 Å². The molecule has 0 aliphatic heterocycles. The molecular weight excluding hydrogens is 270 g/mol. The number of hydrogen-bond donors (Lipinski definition) is 1. The Morgan fingerprint density at radius 2 is 1.82 bits per heavy atom. The average Bonchev–Trinajstić information content (AvgIpc) is 2.46. The van der Waals surface area contributed by atoms with Gasteiger partial charge in [-0.2, -0.15) is 0 Å². The third-order valence-electron chi connectivity index (χ3n) is 8.18. The first kappa shape index (κ1) is 16.3. The molecule has 0 aromatic carbocycles. The van der Waals surface area contributed by atoms with E-state index in [1.54, 1.807) is 0 Å². The third-order valence-corrected chi connectivity index (χ3v) is 8.18. The van der Waals surface area contributed by atoms with Crippen LogP contribution in [0.15, 0.2) is 0 Å². The summed E-state index contributed by atoms with van der Waals surface area (Å²) in [6.45, 7) is 9.45. The van der Waals surface area contributed by atoms with E-state index in [4.69, 9.17) is 5.73 Å². The zero-order valence-electron chi connectivity index (χ0n) is 15.0.